The Bertz CT molecular complexity index is 1320. The number of aromatic nitrogens is 1. The van der Waals surface area contributed by atoms with E-state index in [0.29, 0.717) is 28.9 Å². The van der Waals surface area contributed by atoms with Crippen LogP contribution in [0.2, 0.25) is 0 Å². The van der Waals surface area contributed by atoms with Crippen molar-refractivity contribution in [2.24, 2.45) is 0 Å². The van der Waals surface area contributed by atoms with Gasteiger partial charge in [0.05, 0.1) is 19.2 Å². The molecule has 0 bridgehead atoms. The molecule has 1 N–H and O–H groups in total. The lowest BCUT2D eigenvalue weighted by molar-refractivity contribution is 0.102. The molecule has 1 heterocycles. The molecule has 0 radical (unpaired) electrons. The number of methoxy groups -OCH3 is 1. The van der Waals surface area contributed by atoms with Crippen LogP contribution in [0.4, 0.5) is 5.69 Å². The third-order valence-electron chi connectivity index (χ3n) is 5.41. The highest BCUT2D eigenvalue weighted by molar-refractivity contribution is 6.04. The largest absolute Gasteiger partial charge is 0.497 e. The maximum Gasteiger partial charge on any atom is 0.420 e. The Balaban J connectivity index is 1.55. The zero-order valence-electron chi connectivity index (χ0n) is 18.6. The van der Waals surface area contributed by atoms with E-state index in [1.807, 2.05) is 48.5 Å². The molecule has 6 heteroatoms. The number of nitrogens with zero attached hydrogens (tertiary/aromatic N) is 1. The Morgan fingerprint density at radius 3 is 2.47 bits per heavy atom. The Morgan fingerprint density at radius 2 is 1.78 bits per heavy atom. The number of ether oxygens (including phenoxy) is 1. The smallest absolute Gasteiger partial charge is 0.420 e. The maximum atomic E-state index is 12.7. The minimum absolute atomic E-state index is 0.0234. The van der Waals surface area contributed by atoms with Gasteiger partial charge in [-0.15, -0.1) is 0 Å². The fraction of sp³-hybridized carbons (Fsp3) is 0.231. The Morgan fingerprint density at radius 1 is 1.03 bits per heavy atom. The quantitative estimate of drug-likeness (QED) is 0.472. The average Bonchev–Trinajstić information content (AvgIpc) is 3.07. The molecule has 6 nitrogen and oxygen atoms in total. The van der Waals surface area contributed by atoms with Gasteiger partial charge in [-0.25, -0.2) is 4.79 Å². The van der Waals surface area contributed by atoms with Gasteiger partial charge in [-0.05, 0) is 52.9 Å². The Kier molecular flexibility index (Phi) is 5.61. The van der Waals surface area contributed by atoms with Crippen LogP contribution in [-0.4, -0.2) is 17.6 Å². The van der Waals surface area contributed by atoms with Crippen molar-refractivity contribution in [3.05, 3.63) is 94.0 Å². The molecule has 1 amide bonds. The van der Waals surface area contributed by atoms with Gasteiger partial charge in [0.2, 0.25) is 0 Å². The van der Waals surface area contributed by atoms with Gasteiger partial charge >= 0.3 is 5.76 Å². The molecule has 4 aromatic rings. The van der Waals surface area contributed by atoms with E-state index in [1.54, 1.807) is 29.9 Å². The lowest BCUT2D eigenvalue weighted by Gasteiger charge is -2.19. The first kappa shape index (κ1) is 21.4. The van der Waals surface area contributed by atoms with Crippen molar-refractivity contribution < 1.29 is 13.9 Å². The summed E-state index contributed by atoms with van der Waals surface area (Å²) in [6.07, 6.45) is 0. The van der Waals surface area contributed by atoms with Gasteiger partial charge in [-0.1, -0.05) is 45.0 Å². The number of oxazole rings is 1. The second kappa shape index (κ2) is 8.38. The Hall–Kier alpha value is -3.80. The lowest BCUT2D eigenvalue weighted by atomic mass is 9.87. The van der Waals surface area contributed by atoms with Crippen LogP contribution >= 0.6 is 0 Å². The average molecular weight is 431 g/mol. The second-order valence-corrected chi connectivity index (χ2v) is 8.77. The van der Waals surface area contributed by atoms with Crippen LogP contribution < -0.4 is 15.8 Å². The summed E-state index contributed by atoms with van der Waals surface area (Å²) in [6.45, 7) is 6.75. The van der Waals surface area contributed by atoms with E-state index in [9.17, 15) is 9.59 Å². The van der Waals surface area contributed by atoms with Gasteiger partial charge in [0.15, 0.2) is 5.58 Å². The molecule has 32 heavy (non-hydrogen) atoms. The summed E-state index contributed by atoms with van der Waals surface area (Å²) in [5, 5.41) is 2.88. The predicted octanol–water partition coefficient (Wildman–Crippen LogP) is 5.20. The molecular weight excluding hydrogens is 404 g/mol. The molecule has 4 rings (SSSR count). The standard InChI is InChI=1S/C26H26N2O4/c1-26(2,3)19-10-8-18(9-11-19)24(29)27-20-12-13-22-23(15-20)32-25(30)28(22)16-17-6-5-7-21(14-17)31-4/h5-15H,16H2,1-4H3,(H,27,29). The Labute approximate surface area is 186 Å². The number of rotatable bonds is 5. The molecule has 0 unspecified atom stereocenters. The molecule has 0 aliphatic heterocycles. The van der Waals surface area contributed by atoms with E-state index in [2.05, 4.69) is 26.1 Å². The topological polar surface area (TPSA) is 73.5 Å². The second-order valence-electron chi connectivity index (χ2n) is 8.77. The minimum Gasteiger partial charge on any atom is -0.497 e. The summed E-state index contributed by atoms with van der Waals surface area (Å²) < 4.78 is 12.2. The highest BCUT2D eigenvalue weighted by Crippen LogP contribution is 2.24. The number of amides is 1. The van der Waals surface area contributed by atoms with Crippen molar-refractivity contribution >= 4 is 22.7 Å². The highest BCUT2D eigenvalue weighted by Gasteiger charge is 2.15. The van der Waals surface area contributed by atoms with Gasteiger partial charge in [0, 0.05) is 17.3 Å². The SMILES string of the molecule is COc1cccc(Cn2c(=O)oc3cc(NC(=O)c4ccc(C(C)(C)C)cc4)ccc32)c1. The maximum absolute atomic E-state index is 12.7. The number of fused-ring (bicyclic) bond motifs is 1. The molecule has 0 atom stereocenters. The fourth-order valence-corrected chi connectivity index (χ4v) is 3.57. The van der Waals surface area contributed by atoms with Crippen molar-refractivity contribution in [3.8, 4) is 5.75 Å². The molecule has 3 aromatic carbocycles. The lowest BCUT2D eigenvalue weighted by Crippen LogP contribution is -2.15. The number of hydrogen-bond acceptors (Lipinski definition) is 4. The van der Waals surface area contributed by atoms with Gasteiger partial charge in [-0.2, -0.15) is 0 Å². The summed E-state index contributed by atoms with van der Waals surface area (Å²) in [4.78, 5) is 25.1. The molecule has 0 spiro atoms. The summed E-state index contributed by atoms with van der Waals surface area (Å²) in [6, 6.07) is 20.3. The molecule has 0 fully saturated rings. The first-order valence-corrected chi connectivity index (χ1v) is 10.4. The van der Waals surface area contributed by atoms with Crippen molar-refractivity contribution in [1.29, 1.82) is 0 Å². The van der Waals surface area contributed by atoms with E-state index >= 15 is 0 Å². The van der Waals surface area contributed by atoms with E-state index in [4.69, 9.17) is 9.15 Å². The van der Waals surface area contributed by atoms with Gasteiger partial charge in [0.1, 0.15) is 5.75 Å². The van der Waals surface area contributed by atoms with Crippen LogP contribution in [0.1, 0.15) is 42.3 Å². The van der Waals surface area contributed by atoms with Gasteiger partial charge in [-0.3, -0.25) is 9.36 Å². The third kappa shape index (κ3) is 4.44. The van der Waals surface area contributed by atoms with Crippen LogP contribution in [0.5, 0.6) is 5.75 Å². The monoisotopic (exact) mass is 430 g/mol. The van der Waals surface area contributed by atoms with Crippen molar-refractivity contribution in [1.82, 2.24) is 4.57 Å². The molecule has 1 aromatic heterocycles. The zero-order valence-corrected chi connectivity index (χ0v) is 18.6. The number of hydrogen-bond donors (Lipinski definition) is 1. The van der Waals surface area contributed by atoms with Gasteiger partial charge in [0.25, 0.3) is 5.91 Å². The number of nitrogens with one attached hydrogen (secondary N) is 1. The van der Waals surface area contributed by atoms with Crippen LogP contribution in [0, 0.1) is 0 Å². The van der Waals surface area contributed by atoms with Crippen LogP contribution in [0.3, 0.4) is 0 Å². The summed E-state index contributed by atoms with van der Waals surface area (Å²) >= 11 is 0. The highest BCUT2D eigenvalue weighted by atomic mass is 16.5. The zero-order chi connectivity index (χ0) is 22.9. The van der Waals surface area contributed by atoms with E-state index in [0.717, 1.165) is 16.9 Å². The third-order valence-corrected chi connectivity index (χ3v) is 5.41. The molecule has 164 valence electrons. The van der Waals surface area contributed by atoms with Crippen LogP contribution in [-0.2, 0) is 12.0 Å². The van der Waals surface area contributed by atoms with Gasteiger partial charge < -0.3 is 14.5 Å². The van der Waals surface area contributed by atoms with E-state index < -0.39 is 5.76 Å². The summed E-state index contributed by atoms with van der Waals surface area (Å²) in [5.74, 6) is 0.0518. The number of carbonyl (C=O) groups is 1. The van der Waals surface area contributed by atoms with E-state index in [1.165, 1.54) is 0 Å². The normalized spacial score (nSPS) is 11.5. The number of benzene rings is 3. The molecule has 0 saturated carbocycles. The predicted molar refractivity (Wildman–Crippen MR) is 126 cm³/mol. The number of anilines is 1. The first-order chi connectivity index (χ1) is 15.2. The molecule has 0 aliphatic carbocycles. The summed E-state index contributed by atoms with van der Waals surface area (Å²) in [7, 11) is 1.60. The first-order valence-electron chi connectivity index (χ1n) is 10.4. The van der Waals surface area contributed by atoms with Crippen LogP contribution in [0.15, 0.2) is 75.9 Å². The molecule has 0 saturated heterocycles. The van der Waals surface area contributed by atoms with Crippen LogP contribution in [0.25, 0.3) is 11.1 Å². The van der Waals surface area contributed by atoms with Crippen molar-refractivity contribution in [2.45, 2.75) is 32.7 Å². The van der Waals surface area contributed by atoms with Crippen molar-refractivity contribution in [2.75, 3.05) is 12.4 Å². The fourth-order valence-electron chi connectivity index (χ4n) is 3.57. The molecular formula is C26H26N2O4. The molecule has 0 aliphatic rings. The van der Waals surface area contributed by atoms with E-state index in [-0.39, 0.29) is 11.3 Å². The summed E-state index contributed by atoms with van der Waals surface area (Å²) in [5.41, 5.74) is 4.30. The minimum atomic E-state index is -0.455. The van der Waals surface area contributed by atoms with Crippen molar-refractivity contribution in [3.63, 3.8) is 0 Å². The number of carbonyl (C=O) groups excluding carboxylic acids is 1.